The summed E-state index contributed by atoms with van der Waals surface area (Å²) in [6.07, 6.45) is 4.69. The number of guanidine groups is 1. The Morgan fingerprint density at radius 1 is 1.17 bits per heavy atom. The van der Waals surface area contributed by atoms with E-state index in [1.807, 2.05) is 20.8 Å². The molecule has 1 atom stereocenters. The van der Waals surface area contributed by atoms with E-state index in [-0.39, 0.29) is 42.0 Å². The van der Waals surface area contributed by atoms with Crippen LogP contribution in [0.3, 0.4) is 0 Å². The Hall–Kier alpha value is -0.770. The lowest BCUT2D eigenvalue weighted by molar-refractivity contribution is 0.0493. The molecular weight excluding hydrogens is 481 g/mol. The zero-order valence-electron chi connectivity index (χ0n) is 19.1. The van der Waals surface area contributed by atoms with Crippen LogP contribution in [-0.4, -0.2) is 66.9 Å². The van der Waals surface area contributed by atoms with Crippen LogP contribution in [0.25, 0.3) is 0 Å². The van der Waals surface area contributed by atoms with Crippen LogP contribution in [-0.2, 0) is 4.74 Å². The van der Waals surface area contributed by atoms with Crippen LogP contribution < -0.4 is 16.0 Å². The fraction of sp³-hybridized carbons (Fsp3) is 0.905. The number of likely N-dealkylation sites (tertiary alicyclic amines) is 1. The average Bonchev–Trinajstić information content (AvgIpc) is 3.42. The van der Waals surface area contributed by atoms with Crippen molar-refractivity contribution in [3.8, 4) is 0 Å². The average molecular weight is 524 g/mol. The normalized spacial score (nSPS) is 20.0. The number of alkyl carbamates (subject to hydrolysis) is 1. The number of carbonyl (C=O) groups excluding carboxylic acids is 1. The third-order valence-electron chi connectivity index (χ3n) is 5.23. The van der Waals surface area contributed by atoms with E-state index in [4.69, 9.17) is 9.73 Å². The molecule has 1 aliphatic heterocycles. The summed E-state index contributed by atoms with van der Waals surface area (Å²) in [5.41, 5.74) is -0.499. The summed E-state index contributed by atoms with van der Waals surface area (Å²) in [5.74, 6) is 1.10. The summed E-state index contributed by atoms with van der Waals surface area (Å²) in [4.78, 5) is 19.5. The molecule has 0 bridgehead atoms. The number of rotatable bonds is 7. The molecule has 7 nitrogen and oxygen atoms in total. The minimum absolute atomic E-state index is 0. The van der Waals surface area contributed by atoms with Crippen LogP contribution in [0.1, 0.15) is 67.2 Å². The standard InChI is InChI=1S/C21H41N5O2.HI/c1-7-22-19(24-16-10-12-26(13-11-16)17-8-9-17)23-14-18(15(2)3)25-20(27)28-21(4,5)6;/h15-18H,7-14H2,1-6H3,(H,25,27)(H2,22,23,24);1H. The van der Waals surface area contributed by atoms with Gasteiger partial charge in [0.2, 0.25) is 0 Å². The van der Waals surface area contributed by atoms with E-state index >= 15 is 0 Å². The summed E-state index contributed by atoms with van der Waals surface area (Å²) >= 11 is 0. The van der Waals surface area contributed by atoms with Gasteiger partial charge in [0, 0.05) is 31.7 Å². The number of nitrogens with zero attached hydrogens (tertiary/aromatic N) is 2. The van der Waals surface area contributed by atoms with Crippen molar-refractivity contribution in [3.05, 3.63) is 0 Å². The van der Waals surface area contributed by atoms with Crippen molar-refractivity contribution < 1.29 is 9.53 Å². The summed E-state index contributed by atoms with van der Waals surface area (Å²) in [6.45, 7) is 15.6. The molecule has 0 radical (unpaired) electrons. The molecule has 0 spiro atoms. The summed E-state index contributed by atoms with van der Waals surface area (Å²) in [6, 6.07) is 1.25. The van der Waals surface area contributed by atoms with Gasteiger partial charge in [-0.1, -0.05) is 13.8 Å². The number of hydrogen-bond donors (Lipinski definition) is 3. The molecule has 0 aromatic heterocycles. The van der Waals surface area contributed by atoms with Gasteiger partial charge in [0.25, 0.3) is 0 Å². The molecule has 8 heteroatoms. The predicted octanol–water partition coefficient (Wildman–Crippen LogP) is 3.34. The van der Waals surface area contributed by atoms with Crippen molar-refractivity contribution in [2.75, 3.05) is 26.2 Å². The number of carbonyl (C=O) groups is 1. The topological polar surface area (TPSA) is 78.0 Å². The quantitative estimate of drug-likeness (QED) is 0.271. The van der Waals surface area contributed by atoms with Crippen LogP contribution in [0, 0.1) is 5.92 Å². The highest BCUT2D eigenvalue weighted by Crippen LogP contribution is 2.29. The SMILES string of the molecule is CCNC(=NCC(NC(=O)OC(C)(C)C)C(C)C)NC1CCN(C2CC2)CC1.I. The van der Waals surface area contributed by atoms with Crippen molar-refractivity contribution in [2.24, 2.45) is 10.9 Å². The number of ether oxygens (including phenoxy) is 1. The van der Waals surface area contributed by atoms with Crippen LogP contribution in [0.2, 0.25) is 0 Å². The Balaban J connectivity index is 0.00000420. The third kappa shape index (κ3) is 10.2. The monoisotopic (exact) mass is 523 g/mol. The zero-order chi connectivity index (χ0) is 20.7. The predicted molar refractivity (Wildman–Crippen MR) is 130 cm³/mol. The molecule has 1 amide bonds. The van der Waals surface area contributed by atoms with Crippen molar-refractivity contribution >= 4 is 36.0 Å². The number of halogens is 1. The fourth-order valence-corrected chi connectivity index (χ4v) is 3.43. The van der Waals surface area contributed by atoms with Crippen LogP contribution in [0.4, 0.5) is 4.79 Å². The van der Waals surface area contributed by atoms with Crippen molar-refractivity contribution in [1.29, 1.82) is 0 Å². The van der Waals surface area contributed by atoms with Crippen molar-refractivity contribution in [1.82, 2.24) is 20.9 Å². The van der Waals surface area contributed by atoms with E-state index in [9.17, 15) is 4.79 Å². The Morgan fingerprint density at radius 2 is 1.79 bits per heavy atom. The van der Waals surface area contributed by atoms with Gasteiger partial charge >= 0.3 is 6.09 Å². The van der Waals surface area contributed by atoms with Gasteiger partial charge in [-0.05, 0) is 59.3 Å². The van der Waals surface area contributed by atoms with Gasteiger partial charge in [-0.25, -0.2) is 4.79 Å². The molecule has 2 fully saturated rings. The van der Waals surface area contributed by atoms with Crippen LogP contribution in [0.15, 0.2) is 4.99 Å². The smallest absolute Gasteiger partial charge is 0.407 e. The van der Waals surface area contributed by atoms with E-state index < -0.39 is 5.60 Å². The molecule has 170 valence electrons. The van der Waals surface area contributed by atoms with Gasteiger partial charge in [-0.15, -0.1) is 24.0 Å². The number of amides is 1. The highest BCUT2D eigenvalue weighted by atomic mass is 127. The first-order valence-electron chi connectivity index (χ1n) is 11.0. The van der Waals surface area contributed by atoms with Crippen molar-refractivity contribution in [2.45, 2.75) is 91.0 Å². The fourth-order valence-electron chi connectivity index (χ4n) is 3.43. The largest absolute Gasteiger partial charge is 0.444 e. The van der Waals surface area contributed by atoms with Gasteiger partial charge < -0.3 is 25.6 Å². The van der Waals surface area contributed by atoms with Gasteiger partial charge in [0.1, 0.15) is 5.60 Å². The van der Waals surface area contributed by atoms with Gasteiger partial charge in [0.15, 0.2) is 5.96 Å². The molecule has 3 N–H and O–H groups in total. The van der Waals surface area contributed by atoms with Gasteiger partial charge in [-0.2, -0.15) is 0 Å². The maximum atomic E-state index is 12.1. The molecule has 1 saturated carbocycles. The summed E-state index contributed by atoms with van der Waals surface area (Å²) < 4.78 is 5.39. The lowest BCUT2D eigenvalue weighted by atomic mass is 10.0. The van der Waals surface area contributed by atoms with E-state index in [0.717, 1.165) is 31.4 Å². The second kappa shape index (κ2) is 12.2. The molecule has 1 heterocycles. The van der Waals surface area contributed by atoms with Gasteiger partial charge in [-0.3, -0.25) is 4.99 Å². The van der Waals surface area contributed by atoms with E-state index in [2.05, 4.69) is 41.6 Å². The minimum Gasteiger partial charge on any atom is -0.444 e. The molecule has 0 aromatic rings. The molecule has 2 rings (SSSR count). The number of piperidine rings is 1. The first kappa shape index (κ1) is 26.3. The minimum atomic E-state index is -0.499. The third-order valence-corrected chi connectivity index (χ3v) is 5.23. The van der Waals surface area contributed by atoms with E-state index in [1.54, 1.807) is 0 Å². The zero-order valence-corrected chi connectivity index (χ0v) is 21.4. The van der Waals surface area contributed by atoms with E-state index in [0.29, 0.717) is 12.6 Å². The Morgan fingerprint density at radius 3 is 2.28 bits per heavy atom. The Labute approximate surface area is 194 Å². The first-order chi connectivity index (χ1) is 13.2. The number of aliphatic imine (C=N–C) groups is 1. The molecule has 1 unspecified atom stereocenters. The molecule has 29 heavy (non-hydrogen) atoms. The van der Waals surface area contributed by atoms with Gasteiger partial charge in [0.05, 0.1) is 12.6 Å². The maximum absolute atomic E-state index is 12.1. The lowest BCUT2D eigenvalue weighted by Crippen LogP contribution is -2.50. The van der Waals surface area contributed by atoms with Crippen LogP contribution >= 0.6 is 24.0 Å². The van der Waals surface area contributed by atoms with Crippen LogP contribution in [0.5, 0.6) is 0 Å². The lowest BCUT2D eigenvalue weighted by Gasteiger charge is -2.33. The Kier molecular flexibility index (Phi) is 11.0. The van der Waals surface area contributed by atoms with Crippen molar-refractivity contribution in [3.63, 3.8) is 0 Å². The molecule has 2 aliphatic rings. The highest BCUT2D eigenvalue weighted by Gasteiger charge is 2.32. The highest BCUT2D eigenvalue weighted by molar-refractivity contribution is 14.0. The Bertz CT molecular complexity index is 524. The summed E-state index contributed by atoms with van der Waals surface area (Å²) in [7, 11) is 0. The second-order valence-electron chi connectivity index (χ2n) is 9.40. The molecule has 0 aromatic carbocycles. The molecular formula is C21H42IN5O2. The first-order valence-corrected chi connectivity index (χ1v) is 11.0. The molecule has 1 aliphatic carbocycles. The number of nitrogens with one attached hydrogen (secondary N) is 3. The number of hydrogen-bond acceptors (Lipinski definition) is 4. The summed E-state index contributed by atoms with van der Waals surface area (Å²) in [5, 5.41) is 9.90. The van der Waals surface area contributed by atoms with E-state index in [1.165, 1.54) is 25.9 Å². The second-order valence-corrected chi connectivity index (χ2v) is 9.40. The maximum Gasteiger partial charge on any atom is 0.407 e. The molecule has 1 saturated heterocycles.